The zero-order valence-electron chi connectivity index (χ0n) is 9.39. The number of methoxy groups -OCH3 is 1. The lowest BCUT2D eigenvalue weighted by Gasteiger charge is -2.17. The maximum Gasteiger partial charge on any atom is 0.318 e. The van der Waals surface area contributed by atoms with Crippen LogP contribution in [-0.4, -0.2) is 48.7 Å². The Balaban J connectivity index is 2.67. The van der Waals surface area contributed by atoms with E-state index in [9.17, 15) is 0 Å². The molecule has 7 heteroatoms. The fourth-order valence-corrected chi connectivity index (χ4v) is 1.23. The van der Waals surface area contributed by atoms with Gasteiger partial charge in [0.25, 0.3) is 0 Å². The molecule has 1 atom stereocenters. The molecule has 0 saturated heterocycles. The molecule has 1 rings (SSSR count). The second-order valence-corrected chi connectivity index (χ2v) is 3.90. The van der Waals surface area contributed by atoms with E-state index >= 15 is 0 Å². The zero-order chi connectivity index (χ0) is 12.0. The maximum absolute atomic E-state index is 8.91. The molecular formula is C9H16ClN3O3. The molecule has 0 amide bonds. The van der Waals surface area contributed by atoms with Crippen LogP contribution in [0.15, 0.2) is 4.42 Å². The van der Waals surface area contributed by atoms with Gasteiger partial charge in [-0.3, -0.25) is 0 Å². The summed E-state index contributed by atoms with van der Waals surface area (Å²) in [5.74, 6) is 0.372. The summed E-state index contributed by atoms with van der Waals surface area (Å²) in [6.07, 6.45) is 0. The monoisotopic (exact) mass is 249 g/mol. The molecule has 1 N–H and O–H groups in total. The molecule has 0 aliphatic carbocycles. The molecule has 0 saturated carbocycles. The van der Waals surface area contributed by atoms with Gasteiger partial charge in [-0.1, -0.05) is 5.10 Å². The number of alkyl halides is 1. The van der Waals surface area contributed by atoms with Crippen LogP contribution in [0.5, 0.6) is 0 Å². The summed E-state index contributed by atoms with van der Waals surface area (Å²) in [5, 5.41) is 16.3. The van der Waals surface area contributed by atoms with Crippen molar-refractivity contribution < 1.29 is 14.3 Å². The lowest BCUT2D eigenvalue weighted by atomic mass is 10.5. The van der Waals surface area contributed by atoms with Crippen LogP contribution in [0, 0.1) is 0 Å². The van der Waals surface area contributed by atoms with E-state index in [4.69, 9.17) is 25.9 Å². The zero-order valence-corrected chi connectivity index (χ0v) is 10.1. The maximum atomic E-state index is 8.91. The molecule has 0 spiro atoms. The third-order valence-electron chi connectivity index (χ3n) is 1.98. The summed E-state index contributed by atoms with van der Waals surface area (Å²) in [4.78, 5) is 1.75. The number of hydrogen-bond donors (Lipinski definition) is 1. The molecule has 16 heavy (non-hydrogen) atoms. The van der Waals surface area contributed by atoms with Crippen molar-refractivity contribution in [2.24, 2.45) is 0 Å². The Morgan fingerprint density at radius 2 is 2.25 bits per heavy atom. The molecule has 1 unspecified atom stereocenters. The van der Waals surface area contributed by atoms with Gasteiger partial charge in [0.1, 0.15) is 5.38 Å². The smallest absolute Gasteiger partial charge is 0.318 e. The van der Waals surface area contributed by atoms with Gasteiger partial charge in [-0.2, -0.15) is 0 Å². The third-order valence-corrected chi connectivity index (χ3v) is 2.16. The highest BCUT2D eigenvalue weighted by Gasteiger charge is 2.16. The predicted molar refractivity (Wildman–Crippen MR) is 59.7 cm³/mol. The number of aliphatic hydroxyl groups is 1. The number of aliphatic hydroxyl groups excluding tert-OH is 1. The minimum Gasteiger partial charge on any atom is -0.406 e. The van der Waals surface area contributed by atoms with E-state index in [0.717, 1.165) is 0 Å². The minimum atomic E-state index is -0.320. The summed E-state index contributed by atoms with van der Waals surface area (Å²) in [6, 6.07) is 0.355. The molecular weight excluding hydrogens is 234 g/mol. The van der Waals surface area contributed by atoms with Gasteiger partial charge in [0.15, 0.2) is 0 Å². The Bertz CT molecular complexity index is 306. The number of anilines is 1. The van der Waals surface area contributed by atoms with Gasteiger partial charge >= 0.3 is 6.01 Å². The summed E-state index contributed by atoms with van der Waals surface area (Å²) >= 11 is 5.81. The van der Waals surface area contributed by atoms with Crippen molar-refractivity contribution in [3.63, 3.8) is 0 Å². The van der Waals surface area contributed by atoms with Crippen LogP contribution < -0.4 is 4.90 Å². The third kappa shape index (κ3) is 3.62. The number of nitrogens with zero attached hydrogens (tertiary/aromatic N) is 3. The van der Waals surface area contributed by atoms with Crippen molar-refractivity contribution >= 4 is 17.6 Å². The van der Waals surface area contributed by atoms with Crippen molar-refractivity contribution in [2.75, 3.05) is 38.3 Å². The van der Waals surface area contributed by atoms with Gasteiger partial charge in [0.2, 0.25) is 5.89 Å². The quantitative estimate of drug-likeness (QED) is 0.722. The normalized spacial score (nSPS) is 12.8. The van der Waals surface area contributed by atoms with Crippen LogP contribution in [-0.2, 0) is 4.74 Å². The van der Waals surface area contributed by atoms with Crippen LogP contribution in [0.4, 0.5) is 6.01 Å². The molecule has 1 heterocycles. The summed E-state index contributed by atoms with van der Waals surface area (Å²) in [5.41, 5.74) is 0. The van der Waals surface area contributed by atoms with E-state index in [1.807, 2.05) is 0 Å². The first kappa shape index (κ1) is 13.2. The van der Waals surface area contributed by atoms with Crippen molar-refractivity contribution in [3.05, 3.63) is 5.89 Å². The second kappa shape index (κ2) is 6.67. The molecule has 0 aliphatic heterocycles. The standard InChI is InChI=1S/C9H16ClN3O3/c1-7(10)8-11-12-9(16-8)13(3-5-14)4-6-15-2/h7,14H,3-6H2,1-2H3. The van der Waals surface area contributed by atoms with Gasteiger partial charge in [0, 0.05) is 20.2 Å². The Kier molecular flexibility index (Phi) is 5.51. The molecule has 0 fully saturated rings. The lowest BCUT2D eigenvalue weighted by Crippen LogP contribution is -2.30. The molecule has 6 nitrogen and oxygen atoms in total. The number of aromatic nitrogens is 2. The first-order valence-electron chi connectivity index (χ1n) is 5.01. The van der Waals surface area contributed by atoms with Gasteiger partial charge in [-0.25, -0.2) is 0 Å². The van der Waals surface area contributed by atoms with E-state index in [-0.39, 0.29) is 12.0 Å². The molecule has 0 aromatic carbocycles. The molecule has 92 valence electrons. The van der Waals surface area contributed by atoms with Crippen molar-refractivity contribution in [2.45, 2.75) is 12.3 Å². The number of halogens is 1. The van der Waals surface area contributed by atoms with Gasteiger partial charge in [-0.05, 0) is 6.92 Å². The topological polar surface area (TPSA) is 71.6 Å². The Hall–Kier alpha value is -0.850. The van der Waals surface area contributed by atoms with E-state index in [1.54, 1.807) is 18.9 Å². The second-order valence-electron chi connectivity index (χ2n) is 3.24. The van der Waals surface area contributed by atoms with Crippen LogP contribution >= 0.6 is 11.6 Å². The summed E-state index contributed by atoms with van der Waals surface area (Å²) in [6.45, 7) is 3.29. The van der Waals surface area contributed by atoms with Crippen molar-refractivity contribution in [1.29, 1.82) is 0 Å². The number of hydrogen-bond acceptors (Lipinski definition) is 6. The number of rotatable bonds is 7. The van der Waals surface area contributed by atoms with E-state index in [0.29, 0.717) is 31.6 Å². The minimum absolute atomic E-state index is 0.0118. The fraction of sp³-hybridized carbons (Fsp3) is 0.778. The lowest BCUT2D eigenvalue weighted by molar-refractivity contribution is 0.201. The fourth-order valence-electron chi connectivity index (χ4n) is 1.14. The Morgan fingerprint density at radius 1 is 1.50 bits per heavy atom. The first-order chi connectivity index (χ1) is 7.69. The van der Waals surface area contributed by atoms with Crippen LogP contribution in [0.1, 0.15) is 18.2 Å². The van der Waals surface area contributed by atoms with E-state index < -0.39 is 0 Å². The highest BCUT2D eigenvalue weighted by Crippen LogP contribution is 2.21. The Morgan fingerprint density at radius 3 is 2.75 bits per heavy atom. The van der Waals surface area contributed by atoms with Crippen LogP contribution in [0.25, 0.3) is 0 Å². The largest absolute Gasteiger partial charge is 0.406 e. The average Bonchev–Trinajstić information content (AvgIpc) is 2.73. The Labute approximate surface area is 99.2 Å². The molecule has 0 bridgehead atoms. The average molecular weight is 250 g/mol. The van der Waals surface area contributed by atoms with Gasteiger partial charge in [-0.15, -0.1) is 16.7 Å². The van der Waals surface area contributed by atoms with Crippen LogP contribution in [0.3, 0.4) is 0 Å². The predicted octanol–water partition coefficient (Wildman–Crippen LogP) is 0.815. The van der Waals surface area contributed by atoms with E-state index in [2.05, 4.69) is 10.2 Å². The van der Waals surface area contributed by atoms with E-state index in [1.165, 1.54) is 0 Å². The molecule has 1 aromatic rings. The highest BCUT2D eigenvalue weighted by molar-refractivity contribution is 6.20. The van der Waals surface area contributed by atoms with Crippen LogP contribution in [0.2, 0.25) is 0 Å². The molecule has 0 aliphatic rings. The molecule has 1 aromatic heterocycles. The molecule has 0 radical (unpaired) electrons. The SMILES string of the molecule is COCCN(CCO)c1nnc(C(C)Cl)o1. The van der Waals surface area contributed by atoms with Gasteiger partial charge in [0.05, 0.1) is 13.2 Å². The summed E-state index contributed by atoms with van der Waals surface area (Å²) in [7, 11) is 1.61. The van der Waals surface area contributed by atoms with Crippen molar-refractivity contribution in [3.8, 4) is 0 Å². The van der Waals surface area contributed by atoms with Crippen molar-refractivity contribution in [1.82, 2.24) is 10.2 Å². The highest BCUT2D eigenvalue weighted by atomic mass is 35.5. The first-order valence-corrected chi connectivity index (χ1v) is 5.45. The number of ether oxygens (including phenoxy) is 1. The summed E-state index contributed by atoms with van der Waals surface area (Å²) < 4.78 is 10.3. The van der Waals surface area contributed by atoms with Gasteiger partial charge < -0.3 is 19.2 Å².